The Bertz CT molecular complexity index is 401. The van der Waals surface area contributed by atoms with Gasteiger partial charge in [-0.1, -0.05) is 20.8 Å². The number of thiophene rings is 1. The number of thioether (sulfide) groups is 1. The van der Waals surface area contributed by atoms with Crippen LogP contribution in [0.3, 0.4) is 0 Å². The molecule has 1 N–H and O–H groups in total. The van der Waals surface area contributed by atoms with Crippen LogP contribution >= 0.6 is 23.1 Å². The summed E-state index contributed by atoms with van der Waals surface area (Å²) in [6, 6.07) is 2.97. The molecular formula is C15H26N2S2. The Kier molecular flexibility index (Phi) is 5.75. The van der Waals surface area contributed by atoms with Gasteiger partial charge in [0.25, 0.3) is 0 Å². The summed E-state index contributed by atoms with van der Waals surface area (Å²) in [5.74, 6) is 1.28. The number of rotatable bonds is 5. The second kappa shape index (κ2) is 7.11. The van der Waals surface area contributed by atoms with Gasteiger partial charge in [0.15, 0.2) is 0 Å². The lowest BCUT2D eigenvalue weighted by Gasteiger charge is -2.30. The number of nitrogens with zero attached hydrogens (tertiary/aromatic N) is 1. The average molecular weight is 299 g/mol. The number of hydrogen-bond acceptors (Lipinski definition) is 4. The Morgan fingerprint density at radius 1 is 1.47 bits per heavy atom. The van der Waals surface area contributed by atoms with E-state index >= 15 is 0 Å². The van der Waals surface area contributed by atoms with Gasteiger partial charge in [-0.3, -0.25) is 4.90 Å². The highest BCUT2D eigenvalue weighted by molar-refractivity contribution is 7.99. The third kappa shape index (κ3) is 4.78. The van der Waals surface area contributed by atoms with Crippen LogP contribution in [0.25, 0.3) is 0 Å². The van der Waals surface area contributed by atoms with Crippen LogP contribution in [0.1, 0.15) is 36.1 Å². The molecule has 2 rings (SSSR count). The zero-order valence-electron chi connectivity index (χ0n) is 12.5. The molecule has 1 aromatic heterocycles. The van der Waals surface area contributed by atoms with E-state index in [-0.39, 0.29) is 0 Å². The molecule has 0 aliphatic carbocycles. The van der Waals surface area contributed by atoms with Crippen molar-refractivity contribution in [1.29, 1.82) is 0 Å². The van der Waals surface area contributed by atoms with Gasteiger partial charge >= 0.3 is 0 Å². The highest BCUT2D eigenvalue weighted by Crippen LogP contribution is 2.25. The summed E-state index contributed by atoms with van der Waals surface area (Å²) < 4.78 is 0. The van der Waals surface area contributed by atoms with E-state index in [9.17, 15) is 0 Å². The molecule has 1 fully saturated rings. The fourth-order valence-electron chi connectivity index (χ4n) is 2.41. The molecule has 0 saturated carbocycles. The second-order valence-electron chi connectivity index (χ2n) is 5.75. The van der Waals surface area contributed by atoms with Crippen LogP contribution in [-0.2, 0) is 13.1 Å². The SMILES string of the molecule is Cc1sc(CNC(C)C)cc1CN1CCSC(C)C1. The third-order valence-electron chi connectivity index (χ3n) is 3.48. The van der Waals surface area contributed by atoms with Gasteiger partial charge in [-0.05, 0) is 18.6 Å². The zero-order valence-corrected chi connectivity index (χ0v) is 14.2. The smallest absolute Gasteiger partial charge is 0.0302 e. The molecule has 1 aromatic rings. The van der Waals surface area contributed by atoms with Crippen LogP contribution in [0.4, 0.5) is 0 Å². The lowest BCUT2D eigenvalue weighted by molar-refractivity contribution is 0.278. The monoisotopic (exact) mass is 298 g/mol. The maximum Gasteiger partial charge on any atom is 0.0302 e. The molecule has 4 heteroatoms. The summed E-state index contributed by atoms with van der Waals surface area (Å²) in [7, 11) is 0. The van der Waals surface area contributed by atoms with Gasteiger partial charge in [0.05, 0.1) is 0 Å². The van der Waals surface area contributed by atoms with E-state index in [2.05, 4.69) is 55.7 Å². The van der Waals surface area contributed by atoms with Crippen molar-refractivity contribution < 1.29 is 0 Å². The standard InChI is InChI=1S/C15H26N2S2/c1-11(2)16-8-15-7-14(13(4)19-15)10-17-5-6-18-12(3)9-17/h7,11-12,16H,5-6,8-10H2,1-4H3. The van der Waals surface area contributed by atoms with Crippen LogP contribution in [0.5, 0.6) is 0 Å². The van der Waals surface area contributed by atoms with Crippen molar-refractivity contribution in [3.63, 3.8) is 0 Å². The molecule has 0 bridgehead atoms. The largest absolute Gasteiger partial charge is 0.310 e. The highest BCUT2D eigenvalue weighted by Gasteiger charge is 2.18. The minimum Gasteiger partial charge on any atom is -0.310 e. The molecule has 0 spiro atoms. The molecule has 1 atom stereocenters. The molecule has 1 unspecified atom stereocenters. The van der Waals surface area contributed by atoms with Gasteiger partial charge < -0.3 is 5.32 Å². The summed E-state index contributed by atoms with van der Waals surface area (Å²) in [6.45, 7) is 13.6. The van der Waals surface area contributed by atoms with Gasteiger partial charge in [0, 0.05) is 53.0 Å². The van der Waals surface area contributed by atoms with Crippen molar-refractivity contribution >= 4 is 23.1 Å². The highest BCUT2D eigenvalue weighted by atomic mass is 32.2. The van der Waals surface area contributed by atoms with Crippen LogP contribution in [0.15, 0.2) is 6.07 Å². The van der Waals surface area contributed by atoms with E-state index in [1.807, 2.05) is 11.3 Å². The van der Waals surface area contributed by atoms with Crippen molar-refractivity contribution in [1.82, 2.24) is 10.2 Å². The van der Waals surface area contributed by atoms with Gasteiger partial charge in [0.2, 0.25) is 0 Å². The van der Waals surface area contributed by atoms with E-state index in [0.717, 1.165) is 18.3 Å². The van der Waals surface area contributed by atoms with Gasteiger partial charge in [0.1, 0.15) is 0 Å². The van der Waals surface area contributed by atoms with E-state index in [1.165, 1.54) is 34.2 Å². The summed E-state index contributed by atoms with van der Waals surface area (Å²) in [5.41, 5.74) is 1.53. The minimum atomic E-state index is 0.561. The maximum absolute atomic E-state index is 3.51. The summed E-state index contributed by atoms with van der Waals surface area (Å²) in [4.78, 5) is 5.57. The van der Waals surface area contributed by atoms with Gasteiger partial charge in [-0.25, -0.2) is 0 Å². The zero-order chi connectivity index (χ0) is 13.8. The number of hydrogen-bond donors (Lipinski definition) is 1. The fourth-order valence-corrected chi connectivity index (χ4v) is 4.50. The first kappa shape index (κ1) is 15.4. The molecule has 2 nitrogen and oxygen atoms in total. The molecule has 19 heavy (non-hydrogen) atoms. The molecule has 108 valence electrons. The predicted molar refractivity (Wildman–Crippen MR) is 88.2 cm³/mol. The van der Waals surface area contributed by atoms with E-state index in [0.29, 0.717) is 6.04 Å². The molecule has 1 saturated heterocycles. The fraction of sp³-hybridized carbons (Fsp3) is 0.733. The minimum absolute atomic E-state index is 0.561. The first-order valence-corrected chi connectivity index (χ1v) is 9.06. The van der Waals surface area contributed by atoms with Gasteiger partial charge in [-0.2, -0.15) is 11.8 Å². The molecule has 0 aromatic carbocycles. The summed E-state index contributed by atoms with van der Waals surface area (Å²) >= 11 is 4.06. The molecular weight excluding hydrogens is 272 g/mol. The molecule has 1 aliphatic rings. The second-order valence-corrected chi connectivity index (χ2v) is 8.63. The van der Waals surface area contributed by atoms with Crippen molar-refractivity contribution in [2.45, 2.75) is 52.1 Å². The Labute approximate surface area is 126 Å². The van der Waals surface area contributed by atoms with Crippen LogP contribution in [-0.4, -0.2) is 35.0 Å². The lowest BCUT2D eigenvalue weighted by Crippen LogP contribution is -2.36. The number of aryl methyl sites for hydroxylation is 1. The van der Waals surface area contributed by atoms with E-state index < -0.39 is 0 Å². The molecule has 0 amide bonds. The first-order chi connectivity index (χ1) is 9.04. The van der Waals surface area contributed by atoms with Crippen LogP contribution in [0, 0.1) is 6.92 Å². The van der Waals surface area contributed by atoms with Gasteiger partial charge in [-0.15, -0.1) is 11.3 Å². The molecule has 0 radical (unpaired) electrons. The van der Waals surface area contributed by atoms with Crippen molar-refractivity contribution in [2.24, 2.45) is 0 Å². The normalized spacial score (nSPS) is 21.2. The quantitative estimate of drug-likeness (QED) is 0.896. The third-order valence-corrected chi connectivity index (χ3v) is 5.70. The van der Waals surface area contributed by atoms with Crippen molar-refractivity contribution in [3.8, 4) is 0 Å². The maximum atomic E-state index is 3.51. The average Bonchev–Trinajstić information content (AvgIpc) is 2.68. The summed E-state index contributed by atoms with van der Waals surface area (Å²) in [5, 5.41) is 4.29. The Hall–Kier alpha value is -0.0300. The topological polar surface area (TPSA) is 15.3 Å². The lowest BCUT2D eigenvalue weighted by atomic mass is 10.2. The van der Waals surface area contributed by atoms with E-state index in [1.54, 1.807) is 0 Å². The van der Waals surface area contributed by atoms with E-state index in [4.69, 9.17) is 0 Å². The van der Waals surface area contributed by atoms with Crippen LogP contribution in [0.2, 0.25) is 0 Å². The Morgan fingerprint density at radius 3 is 2.95 bits per heavy atom. The van der Waals surface area contributed by atoms with Crippen LogP contribution < -0.4 is 5.32 Å². The van der Waals surface area contributed by atoms with Crippen molar-refractivity contribution in [3.05, 3.63) is 21.4 Å². The van der Waals surface area contributed by atoms with Crippen molar-refractivity contribution in [2.75, 3.05) is 18.8 Å². The molecule has 2 heterocycles. The summed E-state index contributed by atoms with van der Waals surface area (Å²) in [6.07, 6.45) is 0. The molecule has 1 aliphatic heterocycles. The Balaban J connectivity index is 1.92. The number of nitrogens with one attached hydrogen (secondary N) is 1. The predicted octanol–water partition coefficient (Wildman–Crippen LogP) is 3.49. The Morgan fingerprint density at radius 2 is 2.26 bits per heavy atom. The first-order valence-electron chi connectivity index (χ1n) is 7.20.